The Hall–Kier alpha value is -1.23. The van der Waals surface area contributed by atoms with Crippen molar-refractivity contribution in [2.45, 2.75) is 20.3 Å². The van der Waals surface area contributed by atoms with E-state index in [-0.39, 0.29) is 17.9 Å². The van der Waals surface area contributed by atoms with E-state index < -0.39 is 11.4 Å². The van der Waals surface area contributed by atoms with Crippen molar-refractivity contribution in [3.05, 3.63) is 22.2 Å². The maximum absolute atomic E-state index is 11.0. The molecule has 4 nitrogen and oxygen atoms in total. The zero-order valence-electron chi connectivity index (χ0n) is 8.99. The summed E-state index contributed by atoms with van der Waals surface area (Å²) in [6.07, 6.45) is 0.128. The van der Waals surface area contributed by atoms with Crippen molar-refractivity contribution < 1.29 is 20.1 Å². The lowest BCUT2D eigenvalue weighted by atomic mass is 9.85. The van der Waals surface area contributed by atoms with Gasteiger partial charge >= 0.3 is 5.97 Å². The molecule has 3 N–H and O–H groups in total. The van der Waals surface area contributed by atoms with Gasteiger partial charge in [-0.25, -0.2) is 0 Å². The molecular weight excluding hydrogens is 276 g/mol. The molecule has 0 aliphatic carbocycles. The number of rotatable bonds is 3. The van der Waals surface area contributed by atoms with E-state index in [2.05, 4.69) is 15.9 Å². The first kappa shape index (κ1) is 12.8. The molecule has 0 aliphatic rings. The first-order valence-corrected chi connectivity index (χ1v) is 5.47. The average molecular weight is 289 g/mol. The summed E-state index contributed by atoms with van der Waals surface area (Å²) in [6, 6.07) is 2.92. The smallest absolute Gasteiger partial charge is 0.309 e. The van der Waals surface area contributed by atoms with Gasteiger partial charge in [-0.2, -0.15) is 0 Å². The van der Waals surface area contributed by atoms with E-state index in [4.69, 9.17) is 5.11 Å². The summed E-state index contributed by atoms with van der Waals surface area (Å²) in [5.41, 5.74) is -0.610. The monoisotopic (exact) mass is 288 g/mol. The summed E-state index contributed by atoms with van der Waals surface area (Å²) in [7, 11) is 0. The van der Waals surface area contributed by atoms with Crippen molar-refractivity contribution in [3.63, 3.8) is 0 Å². The Balaban J connectivity index is 3.15. The average Bonchev–Trinajstić information content (AvgIpc) is 2.18. The van der Waals surface area contributed by atoms with Crippen molar-refractivity contribution >= 4 is 21.9 Å². The maximum Gasteiger partial charge on any atom is 0.309 e. The van der Waals surface area contributed by atoms with Crippen LogP contribution in [-0.4, -0.2) is 21.3 Å². The molecular formula is C11H13BrO4. The highest BCUT2D eigenvalue weighted by molar-refractivity contribution is 9.10. The Morgan fingerprint density at radius 1 is 1.38 bits per heavy atom. The van der Waals surface area contributed by atoms with E-state index in [1.54, 1.807) is 19.9 Å². The number of halogens is 1. The summed E-state index contributed by atoms with van der Waals surface area (Å²) in [5, 5.41) is 28.0. The molecule has 0 atom stereocenters. The highest BCUT2D eigenvalue weighted by Gasteiger charge is 2.30. The molecule has 1 aromatic carbocycles. The minimum absolute atomic E-state index is 0.128. The van der Waals surface area contributed by atoms with Crippen molar-refractivity contribution in [3.8, 4) is 11.5 Å². The van der Waals surface area contributed by atoms with Crippen LogP contribution in [0.25, 0.3) is 0 Å². The zero-order valence-corrected chi connectivity index (χ0v) is 10.6. The second-order valence-corrected chi connectivity index (χ2v) is 5.11. The first-order valence-electron chi connectivity index (χ1n) is 4.68. The lowest BCUT2D eigenvalue weighted by Gasteiger charge is -2.20. The van der Waals surface area contributed by atoms with Crippen molar-refractivity contribution in [2.24, 2.45) is 5.41 Å². The van der Waals surface area contributed by atoms with E-state index >= 15 is 0 Å². The number of aliphatic carboxylic acids is 1. The van der Waals surface area contributed by atoms with Crippen LogP contribution in [0.2, 0.25) is 0 Å². The van der Waals surface area contributed by atoms with Crippen LogP contribution in [-0.2, 0) is 11.2 Å². The number of carboxylic acids is 1. The number of carboxylic acid groups (broad SMARTS) is 1. The fourth-order valence-electron chi connectivity index (χ4n) is 1.29. The summed E-state index contributed by atoms with van der Waals surface area (Å²) >= 11 is 3.22. The van der Waals surface area contributed by atoms with Gasteiger partial charge in [-0.1, -0.05) is 15.9 Å². The van der Waals surface area contributed by atoms with Gasteiger partial charge in [0, 0.05) is 10.0 Å². The number of hydrogen-bond donors (Lipinski definition) is 3. The second-order valence-electron chi connectivity index (χ2n) is 4.26. The van der Waals surface area contributed by atoms with Crippen LogP contribution in [0.4, 0.5) is 0 Å². The van der Waals surface area contributed by atoms with Crippen molar-refractivity contribution in [1.29, 1.82) is 0 Å². The van der Waals surface area contributed by atoms with E-state index in [1.165, 1.54) is 6.07 Å². The number of benzene rings is 1. The van der Waals surface area contributed by atoms with Gasteiger partial charge in [0.2, 0.25) is 0 Å². The number of carbonyl (C=O) groups is 1. The fourth-order valence-corrected chi connectivity index (χ4v) is 1.75. The minimum atomic E-state index is -1.01. The number of aromatic hydroxyl groups is 2. The Morgan fingerprint density at radius 2 is 1.94 bits per heavy atom. The Morgan fingerprint density at radius 3 is 2.44 bits per heavy atom. The lowest BCUT2D eigenvalue weighted by molar-refractivity contribution is -0.146. The van der Waals surface area contributed by atoms with Gasteiger partial charge < -0.3 is 15.3 Å². The molecule has 0 amide bonds. The molecule has 0 bridgehead atoms. The quantitative estimate of drug-likeness (QED) is 0.747. The molecule has 0 heterocycles. The highest BCUT2D eigenvalue weighted by atomic mass is 79.9. The van der Waals surface area contributed by atoms with Crippen LogP contribution in [0.3, 0.4) is 0 Å². The highest BCUT2D eigenvalue weighted by Crippen LogP contribution is 2.38. The number of phenolic OH excluding ortho intramolecular Hbond substituents is 2. The molecule has 0 saturated carbocycles. The lowest BCUT2D eigenvalue weighted by Crippen LogP contribution is -2.26. The third-order valence-electron chi connectivity index (χ3n) is 2.40. The zero-order chi connectivity index (χ0) is 12.5. The molecule has 0 aromatic heterocycles. The van der Waals surface area contributed by atoms with E-state index in [1.807, 2.05) is 0 Å². The van der Waals surface area contributed by atoms with E-state index in [0.29, 0.717) is 10.0 Å². The first-order chi connectivity index (χ1) is 7.25. The number of phenols is 2. The van der Waals surface area contributed by atoms with Crippen LogP contribution >= 0.6 is 15.9 Å². The van der Waals surface area contributed by atoms with Crippen LogP contribution in [0.1, 0.15) is 19.4 Å². The largest absolute Gasteiger partial charge is 0.504 e. The van der Waals surface area contributed by atoms with Crippen LogP contribution in [0.5, 0.6) is 11.5 Å². The predicted octanol–water partition coefficient (Wildman–Crippen LogP) is 2.51. The Kier molecular flexibility index (Phi) is 3.48. The second kappa shape index (κ2) is 4.33. The third kappa shape index (κ3) is 2.47. The van der Waals surface area contributed by atoms with Crippen molar-refractivity contribution in [2.75, 3.05) is 0 Å². The number of hydrogen-bond acceptors (Lipinski definition) is 3. The van der Waals surface area contributed by atoms with Crippen LogP contribution < -0.4 is 0 Å². The molecule has 0 radical (unpaired) electrons. The molecule has 0 saturated heterocycles. The molecule has 0 aliphatic heterocycles. The molecule has 1 aromatic rings. The third-order valence-corrected chi connectivity index (χ3v) is 3.14. The Labute approximate surface area is 102 Å². The fraction of sp³-hybridized carbons (Fsp3) is 0.364. The summed E-state index contributed by atoms with van der Waals surface area (Å²) in [4.78, 5) is 11.0. The SMILES string of the molecule is CC(C)(Cc1c(Br)ccc(O)c1O)C(=O)O. The van der Waals surface area contributed by atoms with Gasteiger partial charge in [0.25, 0.3) is 0 Å². The topological polar surface area (TPSA) is 77.8 Å². The van der Waals surface area contributed by atoms with Gasteiger partial charge in [-0.05, 0) is 32.4 Å². The van der Waals surface area contributed by atoms with Gasteiger partial charge in [0.1, 0.15) is 0 Å². The normalized spacial score (nSPS) is 11.4. The summed E-state index contributed by atoms with van der Waals surface area (Å²) in [6.45, 7) is 3.12. The molecule has 0 spiro atoms. The molecule has 1 rings (SSSR count). The van der Waals surface area contributed by atoms with Crippen molar-refractivity contribution in [1.82, 2.24) is 0 Å². The standard InChI is InChI=1S/C11H13BrO4/c1-11(2,10(15)16)5-6-7(12)3-4-8(13)9(6)14/h3-4,13-14H,5H2,1-2H3,(H,15,16). The van der Waals surface area contributed by atoms with Gasteiger partial charge in [-0.15, -0.1) is 0 Å². The Bertz CT molecular complexity index is 426. The van der Waals surface area contributed by atoms with Crippen LogP contribution in [0, 0.1) is 5.41 Å². The predicted molar refractivity (Wildman–Crippen MR) is 62.6 cm³/mol. The van der Waals surface area contributed by atoms with E-state index in [9.17, 15) is 15.0 Å². The summed E-state index contributed by atoms with van der Waals surface area (Å²) < 4.78 is 0.581. The van der Waals surface area contributed by atoms with E-state index in [0.717, 1.165) is 0 Å². The maximum atomic E-state index is 11.0. The van der Waals surface area contributed by atoms with Crippen LogP contribution in [0.15, 0.2) is 16.6 Å². The molecule has 88 valence electrons. The molecule has 5 heteroatoms. The van der Waals surface area contributed by atoms with Gasteiger partial charge in [0.05, 0.1) is 5.41 Å². The summed E-state index contributed by atoms with van der Waals surface area (Å²) in [5.74, 6) is -1.48. The molecule has 16 heavy (non-hydrogen) atoms. The van der Waals surface area contributed by atoms with Gasteiger partial charge in [-0.3, -0.25) is 4.79 Å². The molecule has 0 fully saturated rings. The minimum Gasteiger partial charge on any atom is -0.504 e. The molecule has 0 unspecified atom stereocenters. The van der Waals surface area contributed by atoms with Gasteiger partial charge in [0.15, 0.2) is 11.5 Å².